The summed E-state index contributed by atoms with van der Waals surface area (Å²) in [6.45, 7) is 15.1. The van der Waals surface area contributed by atoms with Gasteiger partial charge in [-0.2, -0.15) is 0 Å². The number of rotatable bonds is 4. The normalized spacial score (nSPS) is 14.8. The second-order valence-corrected chi connectivity index (χ2v) is 8.22. The molecular weight excluding hydrogens is 360 g/mol. The van der Waals surface area contributed by atoms with E-state index in [1.54, 1.807) is 0 Å². The number of likely N-dealkylation sites (N-methyl/N-ethyl adjacent to an activating group) is 1. The SMILES string of the molecule is Cc1c(C)c(C)c(CNc2ccccc2NC(=O)N2CCN(C)CC2)c(C)c1C. The topological polar surface area (TPSA) is 47.6 Å². The minimum Gasteiger partial charge on any atom is -0.379 e. The van der Waals surface area contributed by atoms with Crippen molar-refractivity contribution in [2.45, 2.75) is 41.2 Å². The van der Waals surface area contributed by atoms with Crippen molar-refractivity contribution in [2.24, 2.45) is 0 Å². The Hall–Kier alpha value is -2.53. The summed E-state index contributed by atoms with van der Waals surface area (Å²) in [7, 11) is 2.09. The number of anilines is 2. The highest BCUT2D eigenvalue weighted by Crippen LogP contribution is 2.28. The standard InChI is InChI=1S/C24H34N4O/c1-16-17(2)19(4)21(20(5)18(16)3)15-25-22-9-7-8-10-23(22)26-24(29)28-13-11-27(6)12-14-28/h7-10,25H,11-15H2,1-6H3,(H,26,29). The van der Waals surface area contributed by atoms with Gasteiger partial charge in [-0.1, -0.05) is 12.1 Å². The van der Waals surface area contributed by atoms with Gasteiger partial charge in [-0.15, -0.1) is 0 Å². The zero-order valence-electron chi connectivity index (χ0n) is 18.6. The number of piperazine rings is 1. The van der Waals surface area contributed by atoms with E-state index in [1.165, 1.54) is 33.4 Å². The van der Waals surface area contributed by atoms with E-state index < -0.39 is 0 Å². The number of urea groups is 1. The van der Waals surface area contributed by atoms with Crippen LogP contribution in [0.1, 0.15) is 33.4 Å². The lowest BCUT2D eigenvalue weighted by atomic mass is 9.89. The first kappa shape index (κ1) is 21.2. The first-order valence-corrected chi connectivity index (χ1v) is 10.4. The first-order chi connectivity index (χ1) is 13.8. The molecule has 0 aromatic heterocycles. The number of carbonyl (C=O) groups excluding carboxylic acids is 1. The van der Waals surface area contributed by atoms with Gasteiger partial charge < -0.3 is 20.4 Å². The Morgan fingerprint density at radius 3 is 1.93 bits per heavy atom. The summed E-state index contributed by atoms with van der Waals surface area (Å²) in [5.74, 6) is 0. The van der Waals surface area contributed by atoms with Crippen molar-refractivity contribution in [1.82, 2.24) is 9.80 Å². The second kappa shape index (κ2) is 8.87. The van der Waals surface area contributed by atoms with Gasteiger partial charge in [0.25, 0.3) is 0 Å². The van der Waals surface area contributed by atoms with Crippen LogP contribution in [0, 0.1) is 34.6 Å². The molecule has 156 valence electrons. The molecule has 2 amide bonds. The summed E-state index contributed by atoms with van der Waals surface area (Å²) in [5.41, 5.74) is 9.91. The summed E-state index contributed by atoms with van der Waals surface area (Å²) >= 11 is 0. The van der Waals surface area contributed by atoms with Gasteiger partial charge in [0.15, 0.2) is 0 Å². The molecule has 0 spiro atoms. The first-order valence-electron chi connectivity index (χ1n) is 10.4. The molecule has 5 heteroatoms. The number of hydrogen-bond donors (Lipinski definition) is 2. The summed E-state index contributed by atoms with van der Waals surface area (Å²) in [5, 5.41) is 6.66. The van der Waals surface area contributed by atoms with Crippen LogP contribution >= 0.6 is 0 Å². The lowest BCUT2D eigenvalue weighted by Crippen LogP contribution is -2.48. The highest BCUT2D eigenvalue weighted by molar-refractivity contribution is 5.93. The van der Waals surface area contributed by atoms with Crippen molar-refractivity contribution < 1.29 is 4.79 Å². The maximum absolute atomic E-state index is 12.7. The molecule has 0 aliphatic carbocycles. The Balaban J connectivity index is 1.74. The van der Waals surface area contributed by atoms with E-state index in [4.69, 9.17) is 0 Å². The number of benzene rings is 2. The van der Waals surface area contributed by atoms with Crippen LogP contribution in [0.15, 0.2) is 24.3 Å². The molecule has 5 nitrogen and oxygen atoms in total. The minimum absolute atomic E-state index is 0.0262. The molecule has 2 N–H and O–H groups in total. The van der Waals surface area contributed by atoms with E-state index in [1.807, 2.05) is 29.2 Å². The van der Waals surface area contributed by atoms with E-state index in [-0.39, 0.29) is 6.03 Å². The van der Waals surface area contributed by atoms with Crippen LogP contribution in [0.4, 0.5) is 16.2 Å². The van der Waals surface area contributed by atoms with Crippen LogP contribution in [-0.2, 0) is 6.54 Å². The van der Waals surface area contributed by atoms with Gasteiger partial charge in [0.05, 0.1) is 11.4 Å². The van der Waals surface area contributed by atoms with Crippen molar-refractivity contribution in [1.29, 1.82) is 0 Å². The number of amides is 2. The predicted octanol–water partition coefficient (Wildman–Crippen LogP) is 4.62. The molecule has 0 unspecified atom stereocenters. The smallest absolute Gasteiger partial charge is 0.321 e. The average molecular weight is 395 g/mol. The molecule has 2 aromatic rings. The van der Waals surface area contributed by atoms with Crippen LogP contribution in [0.5, 0.6) is 0 Å². The van der Waals surface area contributed by atoms with Crippen molar-refractivity contribution in [3.05, 3.63) is 57.6 Å². The Labute approximate surface area is 175 Å². The lowest BCUT2D eigenvalue weighted by molar-refractivity contribution is 0.164. The number of nitrogens with one attached hydrogen (secondary N) is 2. The fraction of sp³-hybridized carbons (Fsp3) is 0.458. The van der Waals surface area contributed by atoms with Gasteiger partial charge in [0.1, 0.15) is 0 Å². The third kappa shape index (κ3) is 4.56. The molecule has 0 saturated carbocycles. The molecule has 2 aromatic carbocycles. The predicted molar refractivity (Wildman–Crippen MR) is 122 cm³/mol. The Morgan fingerprint density at radius 1 is 0.828 bits per heavy atom. The Morgan fingerprint density at radius 2 is 1.34 bits per heavy atom. The van der Waals surface area contributed by atoms with Crippen molar-refractivity contribution >= 4 is 17.4 Å². The largest absolute Gasteiger partial charge is 0.379 e. The summed E-state index contributed by atoms with van der Waals surface area (Å²) < 4.78 is 0. The molecule has 29 heavy (non-hydrogen) atoms. The second-order valence-electron chi connectivity index (χ2n) is 8.22. The van der Waals surface area contributed by atoms with Crippen LogP contribution in [0.2, 0.25) is 0 Å². The fourth-order valence-corrected chi connectivity index (χ4v) is 3.98. The molecule has 1 saturated heterocycles. The molecule has 3 rings (SSSR count). The van der Waals surface area contributed by atoms with Gasteiger partial charge >= 0.3 is 6.03 Å². The molecule has 0 atom stereocenters. The molecule has 0 bridgehead atoms. The molecule has 1 heterocycles. The highest BCUT2D eigenvalue weighted by Gasteiger charge is 2.20. The van der Waals surface area contributed by atoms with Gasteiger partial charge in [-0.05, 0) is 87.2 Å². The van der Waals surface area contributed by atoms with Crippen molar-refractivity contribution in [2.75, 3.05) is 43.9 Å². The van der Waals surface area contributed by atoms with E-state index in [2.05, 4.69) is 57.2 Å². The number of hydrogen-bond acceptors (Lipinski definition) is 3. The average Bonchev–Trinajstić information content (AvgIpc) is 2.72. The molecular formula is C24H34N4O. The van der Waals surface area contributed by atoms with Crippen LogP contribution in [-0.4, -0.2) is 49.1 Å². The van der Waals surface area contributed by atoms with Gasteiger partial charge in [0, 0.05) is 32.7 Å². The van der Waals surface area contributed by atoms with E-state index >= 15 is 0 Å². The summed E-state index contributed by atoms with van der Waals surface area (Å²) in [6.07, 6.45) is 0. The summed E-state index contributed by atoms with van der Waals surface area (Å²) in [6, 6.07) is 7.92. The number of carbonyl (C=O) groups is 1. The third-order valence-electron chi connectivity index (χ3n) is 6.57. The monoisotopic (exact) mass is 394 g/mol. The summed E-state index contributed by atoms with van der Waals surface area (Å²) in [4.78, 5) is 16.8. The number of nitrogens with zero attached hydrogens (tertiary/aromatic N) is 2. The molecule has 1 fully saturated rings. The zero-order valence-corrected chi connectivity index (χ0v) is 18.6. The maximum Gasteiger partial charge on any atom is 0.321 e. The van der Waals surface area contributed by atoms with E-state index in [0.717, 1.165) is 44.1 Å². The maximum atomic E-state index is 12.7. The third-order valence-corrected chi connectivity index (χ3v) is 6.57. The minimum atomic E-state index is -0.0262. The van der Waals surface area contributed by atoms with Crippen molar-refractivity contribution in [3.8, 4) is 0 Å². The van der Waals surface area contributed by atoms with E-state index in [9.17, 15) is 4.79 Å². The van der Waals surface area contributed by atoms with Crippen LogP contribution in [0.25, 0.3) is 0 Å². The lowest BCUT2D eigenvalue weighted by Gasteiger charge is -2.32. The molecule has 1 aliphatic rings. The van der Waals surface area contributed by atoms with Crippen LogP contribution in [0.3, 0.4) is 0 Å². The van der Waals surface area contributed by atoms with Gasteiger partial charge in [-0.3, -0.25) is 0 Å². The number of para-hydroxylation sites is 2. The fourth-order valence-electron chi connectivity index (χ4n) is 3.98. The molecule has 0 radical (unpaired) electrons. The van der Waals surface area contributed by atoms with E-state index in [0.29, 0.717) is 0 Å². The van der Waals surface area contributed by atoms with Crippen molar-refractivity contribution in [3.63, 3.8) is 0 Å². The van der Waals surface area contributed by atoms with Gasteiger partial charge in [0.2, 0.25) is 0 Å². The Bertz CT molecular complexity index is 869. The van der Waals surface area contributed by atoms with Gasteiger partial charge in [-0.25, -0.2) is 4.79 Å². The zero-order chi connectivity index (χ0) is 21.1. The molecule has 1 aliphatic heterocycles. The quantitative estimate of drug-likeness (QED) is 0.795. The Kier molecular flexibility index (Phi) is 6.48. The highest BCUT2D eigenvalue weighted by atomic mass is 16.2. The van der Waals surface area contributed by atoms with Crippen LogP contribution < -0.4 is 10.6 Å².